The van der Waals surface area contributed by atoms with Crippen LogP contribution in [0, 0.1) is 0 Å². The molecule has 0 saturated carbocycles. The van der Waals surface area contributed by atoms with Crippen molar-refractivity contribution in [3.05, 3.63) is 0 Å². The molecule has 0 nitrogen and oxygen atoms in total. The molecule has 0 spiro atoms. The minimum absolute atomic E-state index is 1.32. The molecule has 100 valence electrons. The molecule has 16 heavy (non-hydrogen) atoms. The molecule has 0 aromatic heterocycles. The van der Waals surface area contributed by atoms with Crippen LogP contribution in [-0.2, 0) is 0 Å². The van der Waals surface area contributed by atoms with E-state index < -0.39 is 16.3 Å². The number of hydrogen-bond donors (Lipinski definition) is 0. The van der Waals surface area contributed by atoms with Crippen LogP contribution < -0.4 is 0 Å². The van der Waals surface area contributed by atoms with Crippen LogP contribution in [0.1, 0.15) is 13.8 Å². The first-order valence-electron chi connectivity index (χ1n) is 3.39. The zero-order valence-corrected chi connectivity index (χ0v) is 15.3. The van der Waals surface area contributed by atoms with E-state index in [1.807, 2.05) is 0 Å². The van der Waals surface area contributed by atoms with Crippen LogP contribution in [0.5, 0.6) is 0 Å². The molecule has 0 aliphatic rings. The molecule has 0 aromatic carbocycles. The predicted octanol–water partition coefficient (Wildman–Crippen LogP) is 7.10. The van der Waals surface area contributed by atoms with Gasteiger partial charge in [0.1, 0.15) is 0 Å². The Hall–Kier alpha value is 2.90. The summed E-state index contributed by atoms with van der Waals surface area (Å²) in [5.41, 5.74) is 0. The molecular weight excluding hydrogens is 427 g/mol. The Morgan fingerprint density at radius 1 is 0.438 bits per heavy atom. The van der Waals surface area contributed by atoms with Gasteiger partial charge in [0, 0.05) is 0 Å². The topological polar surface area (TPSA) is 0 Å². The second kappa shape index (κ2) is 7.07. The van der Waals surface area contributed by atoms with Crippen LogP contribution in [0.4, 0.5) is 0 Å². The van der Waals surface area contributed by atoms with Gasteiger partial charge in [0.25, 0.3) is 0 Å². The predicted molar refractivity (Wildman–Crippen MR) is 80.8 cm³/mol. The van der Waals surface area contributed by atoms with Crippen molar-refractivity contribution in [2.24, 2.45) is 0 Å². The third-order valence-corrected chi connectivity index (χ3v) is 5.56. The Morgan fingerprint density at radius 2 is 0.500 bits per heavy atom. The van der Waals surface area contributed by atoms with Gasteiger partial charge in [0.2, 0.25) is 7.59 Å². The molecule has 0 aliphatic carbocycles. The standard InChI is InChI=1S/2C3H3Cl5/c2*1-2(4,5)3(6,7)8/h2*1H3. The van der Waals surface area contributed by atoms with Crippen molar-refractivity contribution in [1.29, 1.82) is 0 Å². The molecule has 0 heterocycles. The highest BCUT2D eigenvalue weighted by Gasteiger charge is 2.41. The fourth-order valence-corrected chi connectivity index (χ4v) is 0. The molecule has 0 radical (unpaired) electrons. The van der Waals surface area contributed by atoms with Crippen LogP contribution >= 0.6 is 116 Å². The highest BCUT2D eigenvalue weighted by molar-refractivity contribution is 6.76. The Labute approximate surface area is 145 Å². The van der Waals surface area contributed by atoms with Gasteiger partial charge in [-0.3, -0.25) is 0 Å². The van der Waals surface area contributed by atoms with E-state index in [0.29, 0.717) is 0 Å². The van der Waals surface area contributed by atoms with Crippen LogP contribution in [-0.4, -0.2) is 16.3 Å². The lowest BCUT2D eigenvalue weighted by Crippen LogP contribution is -2.26. The summed E-state index contributed by atoms with van der Waals surface area (Å²) in [6.07, 6.45) is 0. The van der Waals surface area contributed by atoms with E-state index in [-0.39, 0.29) is 0 Å². The van der Waals surface area contributed by atoms with Crippen LogP contribution in [0.25, 0.3) is 0 Å². The summed E-state index contributed by atoms with van der Waals surface area (Å²) in [5, 5.41) is 0. The summed E-state index contributed by atoms with van der Waals surface area (Å²) in [4.78, 5) is 0. The van der Waals surface area contributed by atoms with Crippen molar-refractivity contribution in [3.8, 4) is 0 Å². The molecule has 0 atom stereocenters. The van der Waals surface area contributed by atoms with Gasteiger partial charge in [-0.05, 0) is 13.8 Å². The Bertz CT molecular complexity index is 149. The van der Waals surface area contributed by atoms with Crippen molar-refractivity contribution >= 4 is 116 Å². The Kier molecular flexibility index (Phi) is 9.36. The molecule has 0 unspecified atom stereocenters. The number of halogens is 10. The van der Waals surface area contributed by atoms with E-state index in [1.54, 1.807) is 0 Å². The van der Waals surface area contributed by atoms with Crippen molar-refractivity contribution < 1.29 is 0 Å². The lowest BCUT2D eigenvalue weighted by atomic mass is 10.5. The second-order valence-corrected chi connectivity index (χ2v) is 10.7. The van der Waals surface area contributed by atoms with Crippen molar-refractivity contribution in [3.63, 3.8) is 0 Å². The summed E-state index contributed by atoms with van der Waals surface area (Å²) < 4.78 is -5.87. The zero-order chi connectivity index (χ0) is 14.0. The van der Waals surface area contributed by atoms with Gasteiger partial charge in [0.15, 0.2) is 8.67 Å². The quantitative estimate of drug-likeness (QED) is 0.358. The minimum atomic E-state index is -1.61. The molecule has 0 amide bonds. The lowest BCUT2D eigenvalue weighted by Gasteiger charge is -2.21. The summed E-state index contributed by atoms with van der Waals surface area (Å²) in [7, 11) is 0. The van der Waals surface area contributed by atoms with E-state index in [1.165, 1.54) is 13.8 Å². The average Bonchev–Trinajstić information content (AvgIpc) is 1.77. The van der Waals surface area contributed by atoms with E-state index in [2.05, 4.69) is 0 Å². The van der Waals surface area contributed by atoms with Crippen LogP contribution in [0.2, 0.25) is 0 Å². The van der Waals surface area contributed by atoms with E-state index in [4.69, 9.17) is 116 Å². The Morgan fingerprint density at radius 3 is 0.500 bits per heavy atom. The van der Waals surface area contributed by atoms with E-state index >= 15 is 0 Å². The smallest absolute Gasteiger partial charge is 0.0972 e. The summed E-state index contributed by atoms with van der Waals surface area (Å²) in [6, 6.07) is 0. The lowest BCUT2D eigenvalue weighted by molar-refractivity contribution is 0.895. The molecular formula is C6H6Cl10. The van der Waals surface area contributed by atoms with Gasteiger partial charge in [-0.15, -0.1) is 0 Å². The number of rotatable bonds is 0. The molecule has 10 heteroatoms. The molecule has 0 aromatic rings. The summed E-state index contributed by atoms with van der Waals surface area (Å²) in [5.74, 6) is 0. The SMILES string of the molecule is CC(Cl)(Cl)C(Cl)(Cl)Cl.CC(Cl)(Cl)C(Cl)(Cl)Cl. The minimum Gasteiger partial charge on any atom is -0.0972 e. The number of alkyl halides is 10. The zero-order valence-electron chi connectivity index (χ0n) is 7.78. The summed E-state index contributed by atoms with van der Waals surface area (Å²) >= 11 is 53.2. The number of hydrogen-bond acceptors (Lipinski definition) is 0. The van der Waals surface area contributed by atoms with Gasteiger partial charge in [0.05, 0.1) is 0 Å². The van der Waals surface area contributed by atoms with Crippen LogP contribution in [0.3, 0.4) is 0 Å². The van der Waals surface area contributed by atoms with Gasteiger partial charge in [-0.25, -0.2) is 0 Å². The van der Waals surface area contributed by atoms with Gasteiger partial charge in [-0.1, -0.05) is 116 Å². The van der Waals surface area contributed by atoms with E-state index in [0.717, 1.165) is 0 Å². The van der Waals surface area contributed by atoms with E-state index in [9.17, 15) is 0 Å². The average molecular weight is 433 g/mol. The highest BCUT2D eigenvalue weighted by Crippen LogP contribution is 2.45. The molecule has 0 rings (SSSR count). The fraction of sp³-hybridized carbons (Fsp3) is 1.00. The summed E-state index contributed by atoms with van der Waals surface area (Å²) in [6.45, 7) is 2.81. The van der Waals surface area contributed by atoms with Crippen molar-refractivity contribution in [2.45, 2.75) is 30.1 Å². The fourth-order valence-electron chi connectivity index (χ4n) is 0. The third-order valence-electron chi connectivity index (χ3n) is 0.996. The third kappa shape index (κ3) is 9.78. The molecule has 0 N–H and O–H groups in total. The maximum atomic E-state index is 5.38. The molecule has 0 bridgehead atoms. The van der Waals surface area contributed by atoms with Gasteiger partial charge >= 0.3 is 0 Å². The highest BCUT2D eigenvalue weighted by atomic mass is 35.6. The first-order chi connectivity index (χ1) is 6.50. The largest absolute Gasteiger partial charge is 0.222 e. The maximum absolute atomic E-state index is 5.38. The van der Waals surface area contributed by atoms with Crippen LogP contribution in [0.15, 0.2) is 0 Å². The molecule has 0 saturated heterocycles. The first kappa shape index (κ1) is 21.2. The normalized spacial score (nSPS) is 14.2. The van der Waals surface area contributed by atoms with Crippen molar-refractivity contribution in [2.75, 3.05) is 0 Å². The first-order valence-corrected chi connectivity index (χ1v) is 7.17. The maximum Gasteiger partial charge on any atom is 0.222 e. The molecule has 0 aliphatic heterocycles. The monoisotopic (exact) mass is 428 g/mol. The van der Waals surface area contributed by atoms with Gasteiger partial charge in [-0.2, -0.15) is 0 Å². The Balaban J connectivity index is 0. The van der Waals surface area contributed by atoms with Crippen molar-refractivity contribution in [1.82, 2.24) is 0 Å². The molecule has 0 fully saturated rings. The second-order valence-electron chi connectivity index (χ2n) is 2.77. The van der Waals surface area contributed by atoms with Gasteiger partial charge < -0.3 is 0 Å².